The van der Waals surface area contributed by atoms with Gasteiger partial charge in [-0.15, -0.1) is 0 Å². The molecule has 0 bridgehead atoms. The molecular weight excluding hydrogens is 491 g/mol. The lowest BCUT2D eigenvalue weighted by Crippen LogP contribution is -2.36. The lowest BCUT2D eigenvalue weighted by Gasteiger charge is -2.25. The zero-order chi connectivity index (χ0) is 22.9. The van der Waals surface area contributed by atoms with Crippen molar-refractivity contribution >= 4 is 48.5 Å². The van der Waals surface area contributed by atoms with Gasteiger partial charge in [-0.1, -0.05) is 15.9 Å². The summed E-state index contributed by atoms with van der Waals surface area (Å²) in [6.45, 7) is 1.35. The van der Waals surface area contributed by atoms with Crippen LogP contribution in [0.25, 0.3) is 22.3 Å². The number of alkyl halides is 1. The minimum absolute atomic E-state index is 0.141. The van der Waals surface area contributed by atoms with Crippen LogP contribution in [-0.4, -0.2) is 45.4 Å². The first kappa shape index (κ1) is 23.2. The van der Waals surface area contributed by atoms with Crippen LogP contribution < -0.4 is 9.62 Å². The summed E-state index contributed by atoms with van der Waals surface area (Å²) in [7, 11) is -2.22. The minimum atomic E-state index is -3.71. The molecule has 1 unspecified atom stereocenters. The highest BCUT2D eigenvalue weighted by molar-refractivity contribution is 9.08. The molecule has 0 aliphatic carbocycles. The molecule has 0 radical (unpaired) electrons. The number of furan rings is 1. The average Bonchev–Trinajstić information content (AvgIpc) is 3.08. The van der Waals surface area contributed by atoms with Crippen molar-refractivity contribution in [2.75, 3.05) is 24.2 Å². The molecule has 0 spiro atoms. The van der Waals surface area contributed by atoms with E-state index in [1.165, 1.54) is 44.3 Å². The van der Waals surface area contributed by atoms with Gasteiger partial charge in [0, 0.05) is 29.4 Å². The maximum absolute atomic E-state index is 13.4. The quantitative estimate of drug-likeness (QED) is 0.470. The standard InChI is InChI=1S/C21H22BrFN2O5S/c1-12(26)11-25(31(3,28)29)17-9-18-16(8-14(17)10-22)19(21(27)24-2)20(30-18)13-4-6-15(23)7-5-13/h4-9,12,26H,10-11H2,1-3H3,(H,24,27). The number of sulfonamides is 1. The van der Waals surface area contributed by atoms with E-state index in [0.29, 0.717) is 27.5 Å². The van der Waals surface area contributed by atoms with Gasteiger partial charge in [0.15, 0.2) is 0 Å². The molecule has 3 rings (SSSR count). The highest BCUT2D eigenvalue weighted by Gasteiger charge is 2.27. The molecule has 1 aromatic heterocycles. The summed E-state index contributed by atoms with van der Waals surface area (Å²) in [6.07, 6.45) is 0.154. The second-order valence-electron chi connectivity index (χ2n) is 7.15. The number of nitrogens with one attached hydrogen (secondary N) is 1. The van der Waals surface area contributed by atoms with Crippen LogP contribution in [0.1, 0.15) is 22.8 Å². The highest BCUT2D eigenvalue weighted by Crippen LogP contribution is 2.38. The number of halogens is 2. The van der Waals surface area contributed by atoms with E-state index in [1.54, 1.807) is 6.07 Å². The van der Waals surface area contributed by atoms with Gasteiger partial charge in [0.25, 0.3) is 5.91 Å². The fourth-order valence-electron chi connectivity index (χ4n) is 3.32. The van der Waals surface area contributed by atoms with E-state index in [9.17, 15) is 22.7 Å². The van der Waals surface area contributed by atoms with Crippen molar-refractivity contribution in [3.63, 3.8) is 0 Å². The van der Waals surface area contributed by atoms with Gasteiger partial charge in [0.2, 0.25) is 10.0 Å². The number of amides is 1. The van der Waals surface area contributed by atoms with E-state index in [2.05, 4.69) is 21.2 Å². The number of aliphatic hydroxyl groups excluding tert-OH is 1. The van der Waals surface area contributed by atoms with Crippen LogP contribution in [0.2, 0.25) is 0 Å². The maximum Gasteiger partial charge on any atom is 0.255 e. The summed E-state index contributed by atoms with van der Waals surface area (Å²) in [4.78, 5) is 12.7. The Hall–Kier alpha value is -2.43. The summed E-state index contributed by atoms with van der Waals surface area (Å²) in [6, 6.07) is 8.75. The van der Waals surface area contributed by atoms with Crippen molar-refractivity contribution < 1.29 is 27.1 Å². The Kier molecular flexibility index (Phi) is 6.73. The summed E-state index contributed by atoms with van der Waals surface area (Å²) >= 11 is 3.38. The number of carbonyl (C=O) groups is 1. The zero-order valence-corrected chi connectivity index (χ0v) is 19.5. The van der Waals surface area contributed by atoms with Gasteiger partial charge in [0.1, 0.15) is 17.2 Å². The molecule has 166 valence electrons. The van der Waals surface area contributed by atoms with Crippen LogP contribution >= 0.6 is 15.9 Å². The first-order valence-electron chi connectivity index (χ1n) is 9.36. The summed E-state index contributed by atoms with van der Waals surface area (Å²) in [5.41, 5.74) is 1.98. The van der Waals surface area contributed by atoms with Crippen LogP contribution in [0.3, 0.4) is 0 Å². The Bertz CT molecular complexity index is 1220. The number of anilines is 1. The zero-order valence-electron chi connectivity index (χ0n) is 17.1. The van der Waals surface area contributed by atoms with Crippen LogP contribution in [-0.2, 0) is 15.4 Å². The van der Waals surface area contributed by atoms with E-state index in [4.69, 9.17) is 4.42 Å². The first-order chi connectivity index (χ1) is 14.6. The third-order valence-electron chi connectivity index (χ3n) is 4.69. The molecule has 3 aromatic rings. The van der Waals surface area contributed by atoms with Crippen LogP contribution in [0, 0.1) is 5.82 Å². The summed E-state index contributed by atoms with van der Waals surface area (Å²) in [5, 5.41) is 13.2. The van der Waals surface area contributed by atoms with E-state index in [0.717, 1.165) is 10.6 Å². The topological polar surface area (TPSA) is 99.8 Å². The SMILES string of the molecule is CNC(=O)c1c(-c2ccc(F)cc2)oc2cc(N(CC(C)O)S(C)(=O)=O)c(CBr)cc12. The molecule has 1 heterocycles. The van der Waals surface area contributed by atoms with Crippen molar-refractivity contribution in [3.8, 4) is 11.3 Å². The molecular formula is C21H22BrFN2O5S. The van der Waals surface area contributed by atoms with Crippen molar-refractivity contribution in [2.24, 2.45) is 0 Å². The van der Waals surface area contributed by atoms with Gasteiger partial charge >= 0.3 is 0 Å². The fraction of sp³-hybridized carbons (Fsp3) is 0.286. The number of carbonyl (C=O) groups excluding carboxylic acids is 1. The second-order valence-corrected chi connectivity index (χ2v) is 9.61. The molecule has 0 aliphatic heterocycles. The monoisotopic (exact) mass is 512 g/mol. The Balaban J connectivity index is 2.32. The van der Waals surface area contributed by atoms with Gasteiger partial charge in [-0.05, 0) is 42.8 Å². The number of hydrogen-bond donors (Lipinski definition) is 2. The highest BCUT2D eigenvalue weighted by atomic mass is 79.9. The van der Waals surface area contributed by atoms with Crippen molar-refractivity contribution in [2.45, 2.75) is 18.4 Å². The number of fused-ring (bicyclic) bond motifs is 1. The lowest BCUT2D eigenvalue weighted by molar-refractivity contribution is 0.0964. The number of benzene rings is 2. The predicted octanol–water partition coefficient (Wildman–Crippen LogP) is 3.64. The molecule has 10 heteroatoms. The van der Waals surface area contributed by atoms with Crippen molar-refractivity contribution in [3.05, 3.63) is 53.3 Å². The Labute approximate surface area is 188 Å². The molecule has 1 amide bonds. The lowest BCUT2D eigenvalue weighted by atomic mass is 10.0. The molecule has 31 heavy (non-hydrogen) atoms. The smallest absolute Gasteiger partial charge is 0.255 e. The third kappa shape index (κ3) is 4.76. The average molecular weight is 513 g/mol. The molecule has 1 atom stereocenters. The number of aliphatic hydroxyl groups is 1. The van der Waals surface area contributed by atoms with Gasteiger partial charge in [0.05, 0.1) is 30.2 Å². The number of nitrogens with zero attached hydrogens (tertiary/aromatic N) is 1. The van der Waals surface area contributed by atoms with E-state index in [1.807, 2.05) is 0 Å². The normalized spacial score (nSPS) is 12.7. The van der Waals surface area contributed by atoms with E-state index >= 15 is 0 Å². The van der Waals surface area contributed by atoms with Gasteiger partial charge < -0.3 is 14.8 Å². The van der Waals surface area contributed by atoms with Gasteiger partial charge in [-0.2, -0.15) is 0 Å². The van der Waals surface area contributed by atoms with Crippen LogP contribution in [0.15, 0.2) is 40.8 Å². The van der Waals surface area contributed by atoms with Crippen LogP contribution in [0.4, 0.5) is 10.1 Å². The Morgan fingerprint density at radius 3 is 2.45 bits per heavy atom. The minimum Gasteiger partial charge on any atom is -0.455 e. The Morgan fingerprint density at radius 2 is 1.94 bits per heavy atom. The number of hydrogen-bond acceptors (Lipinski definition) is 5. The summed E-state index contributed by atoms with van der Waals surface area (Å²) < 4.78 is 45.3. The molecule has 2 aromatic carbocycles. The predicted molar refractivity (Wildman–Crippen MR) is 121 cm³/mol. The van der Waals surface area contributed by atoms with Crippen molar-refractivity contribution in [1.82, 2.24) is 5.32 Å². The molecule has 0 saturated carbocycles. The van der Waals surface area contributed by atoms with Crippen molar-refractivity contribution in [1.29, 1.82) is 0 Å². The second kappa shape index (κ2) is 8.97. The summed E-state index contributed by atoms with van der Waals surface area (Å²) in [5.74, 6) is -0.573. The largest absolute Gasteiger partial charge is 0.455 e. The molecule has 2 N–H and O–H groups in total. The molecule has 7 nitrogen and oxygen atoms in total. The van der Waals surface area contributed by atoms with E-state index < -0.39 is 27.9 Å². The molecule has 0 aliphatic rings. The number of rotatable bonds is 7. The van der Waals surface area contributed by atoms with Gasteiger partial charge in [-0.25, -0.2) is 12.8 Å². The van der Waals surface area contributed by atoms with E-state index in [-0.39, 0.29) is 23.5 Å². The Morgan fingerprint density at radius 1 is 1.29 bits per heavy atom. The van der Waals surface area contributed by atoms with Crippen LogP contribution in [0.5, 0.6) is 0 Å². The molecule has 0 saturated heterocycles. The first-order valence-corrected chi connectivity index (χ1v) is 12.3. The maximum atomic E-state index is 13.4. The molecule has 0 fully saturated rings. The fourth-order valence-corrected chi connectivity index (χ4v) is 4.79. The third-order valence-corrected chi connectivity index (χ3v) is 6.44. The van der Waals surface area contributed by atoms with Gasteiger partial charge in [-0.3, -0.25) is 9.10 Å².